The average Bonchev–Trinajstić information content (AvgIpc) is 3.04. The fourth-order valence-corrected chi connectivity index (χ4v) is 0.873. The van der Waals surface area contributed by atoms with Crippen molar-refractivity contribution in [2.24, 2.45) is 0 Å². The van der Waals surface area contributed by atoms with Crippen molar-refractivity contribution >= 4 is 0 Å². The molecule has 0 aromatic carbocycles. The van der Waals surface area contributed by atoms with Crippen LogP contribution in [0.15, 0.2) is 82.8 Å². The lowest BCUT2D eigenvalue weighted by Crippen LogP contribution is -1.48. The second-order valence-corrected chi connectivity index (χ2v) is 2.84. The molecular formula is C13H14N2O2. The second-order valence-electron chi connectivity index (χ2n) is 2.84. The smallest absolute Gasteiger partial charge is 0.180 e. The summed E-state index contributed by atoms with van der Waals surface area (Å²) in [6.07, 6.45) is 21.1. The van der Waals surface area contributed by atoms with E-state index in [-0.39, 0.29) is 0 Å². The monoisotopic (exact) mass is 230 g/mol. The van der Waals surface area contributed by atoms with Gasteiger partial charge in [0.1, 0.15) is 12.5 Å². The van der Waals surface area contributed by atoms with Crippen molar-refractivity contribution < 1.29 is 8.94 Å². The van der Waals surface area contributed by atoms with Gasteiger partial charge < -0.3 is 8.94 Å². The van der Waals surface area contributed by atoms with E-state index in [2.05, 4.69) is 43.4 Å². The predicted octanol–water partition coefficient (Wildman–Crippen LogP) is 3.41. The lowest BCUT2D eigenvalue weighted by molar-refractivity contribution is 0.420. The van der Waals surface area contributed by atoms with Crippen LogP contribution in [0, 0.1) is 0 Å². The van der Waals surface area contributed by atoms with E-state index in [1.54, 1.807) is 18.5 Å². The first-order chi connectivity index (χ1) is 8.50. The van der Waals surface area contributed by atoms with Gasteiger partial charge in [0.15, 0.2) is 6.39 Å². The maximum atomic E-state index is 4.47. The Morgan fingerprint density at radius 3 is 2.06 bits per heavy atom. The van der Waals surface area contributed by atoms with Gasteiger partial charge in [-0.15, -0.1) is 0 Å². The van der Waals surface area contributed by atoms with Crippen molar-refractivity contribution in [2.45, 2.75) is 6.42 Å². The van der Waals surface area contributed by atoms with Gasteiger partial charge >= 0.3 is 0 Å². The zero-order chi connectivity index (χ0) is 12.0. The van der Waals surface area contributed by atoms with Gasteiger partial charge in [0.25, 0.3) is 0 Å². The summed E-state index contributed by atoms with van der Waals surface area (Å²) in [5.41, 5.74) is 0. The highest BCUT2D eigenvalue weighted by Gasteiger charge is 1.70. The van der Waals surface area contributed by atoms with Crippen LogP contribution < -0.4 is 0 Å². The molecule has 1 aliphatic carbocycles. The molecule has 0 fully saturated rings. The van der Waals surface area contributed by atoms with Gasteiger partial charge in [-0.3, -0.25) is 0 Å². The number of rotatable bonds is 0. The van der Waals surface area contributed by atoms with Crippen molar-refractivity contribution in [1.82, 2.24) is 10.1 Å². The minimum Gasteiger partial charge on any atom is -0.452 e. The van der Waals surface area contributed by atoms with Crippen LogP contribution in [-0.4, -0.2) is 10.1 Å². The maximum Gasteiger partial charge on any atom is 0.180 e. The van der Waals surface area contributed by atoms with Crippen molar-refractivity contribution in [2.75, 3.05) is 0 Å². The summed E-state index contributed by atoms with van der Waals surface area (Å²) in [5.74, 6) is 0. The van der Waals surface area contributed by atoms with Crippen LogP contribution in [0.5, 0.6) is 0 Å². The van der Waals surface area contributed by atoms with Gasteiger partial charge in [-0.1, -0.05) is 41.6 Å². The van der Waals surface area contributed by atoms with E-state index in [0.29, 0.717) is 0 Å². The third-order valence-electron chi connectivity index (χ3n) is 1.57. The normalized spacial score (nSPS) is 11.8. The summed E-state index contributed by atoms with van der Waals surface area (Å²) in [6.45, 7) is 0. The van der Waals surface area contributed by atoms with E-state index >= 15 is 0 Å². The number of hydrogen-bond acceptors (Lipinski definition) is 4. The zero-order valence-electron chi connectivity index (χ0n) is 9.35. The van der Waals surface area contributed by atoms with Crippen molar-refractivity contribution in [3.8, 4) is 0 Å². The summed E-state index contributed by atoms with van der Waals surface area (Å²) in [7, 11) is 0. The molecule has 0 aliphatic heterocycles. The van der Waals surface area contributed by atoms with Crippen LogP contribution in [0.2, 0.25) is 0 Å². The topological polar surface area (TPSA) is 52.1 Å². The summed E-state index contributed by atoms with van der Waals surface area (Å²) < 4.78 is 8.81. The minimum absolute atomic E-state index is 1.08. The highest BCUT2D eigenvalue weighted by Crippen LogP contribution is 1.92. The third kappa shape index (κ3) is 8.62. The van der Waals surface area contributed by atoms with Gasteiger partial charge in [0, 0.05) is 0 Å². The molecule has 0 bridgehead atoms. The number of hydrogen-bond donors (Lipinski definition) is 0. The molecule has 0 radical (unpaired) electrons. The Labute approximate surface area is 100.0 Å². The largest absolute Gasteiger partial charge is 0.452 e. The first-order valence-electron chi connectivity index (χ1n) is 5.15. The van der Waals surface area contributed by atoms with E-state index in [1.165, 1.54) is 18.9 Å². The van der Waals surface area contributed by atoms with Crippen LogP contribution in [0.3, 0.4) is 0 Å². The van der Waals surface area contributed by atoms with Crippen LogP contribution in [-0.2, 0) is 0 Å². The zero-order valence-corrected chi connectivity index (χ0v) is 9.35. The van der Waals surface area contributed by atoms with Crippen LogP contribution in [0.4, 0.5) is 0 Å². The number of aromatic nitrogens is 2. The van der Waals surface area contributed by atoms with Gasteiger partial charge in [-0.2, -0.15) is 0 Å². The van der Waals surface area contributed by atoms with Gasteiger partial charge in [-0.25, -0.2) is 4.98 Å². The summed E-state index contributed by atoms with van der Waals surface area (Å²) in [4.78, 5) is 3.56. The molecule has 2 aromatic rings. The summed E-state index contributed by atoms with van der Waals surface area (Å²) >= 11 is 0. The molecule has 4 heteroatoms. The fraction of sp³-hybridized carbons (Fsp3) is 0.0769. The third-order valence-corrected chi connectivity index (χ3v) is 1.57. The van der Waals surface area contributed by atoms with E-state index in [0.717, 1.165) is 6.42 Å². The van der Waals surface area contributed by atoms with Crippen LogP contribution >= 0.6 is 0 Å². The molecule has 17 heavy (non-hydrogen) atoms. The Hall–Kier alpha value is -2.36. The van der Waals surface area contributed by atoms with Gasteiger partial charge in [0.05, 0.1) is 12.4 Å². The molecule has 0 saturated carbocycles. The standard InChI is InChI=1S/C7H8.2C3H3NO/c1-2-4-6-7-5-3-1;1-2-5-3-4-1;1-2-4-5-3-1/h1-6H,7H2;2*1-3H. The second kappa shape index (κ2) is 10.2. The molecular weight excluding hydrogens is 216 g/mol. The summed E-state index contributed by atoms with van der Waals surface area (Å²) in [6, 6.07) is 1.72. The number of oxazole rings is 1. The average molecular weight is 230 g/mol. The van der Waals surface area contributed by atoms with Crippen LogP contribution in [0.1, 0.15) is 6.42 Å². The Kier molecular flexibility index (Phi) is 7.60. The van der Waals surface area contributed by atoms with Gasteiger partial charge in [-0.05, 0) is 12.5 Å². The Morgan fingerprint density at radius 1 is 0.882 bits per heavy atom. The SMILES string of the molecule is C1=CC=CCC=C1.c1cnoc1.c1cocn1. The lowest BCUT2D eigenvalue weighted by atomic mass is 10.4. The minimum atomic E-state index is 1.08. The molecule has 0 atom stereocenters. The van der Waals surface area contributed by atoms with Crippen molar-refractivity contribution in [1.29, 1.82) is 0 Å². The van der Waals surface area contributed by atoms with E-state index < -0.39 is 0 Å². The predicted molar refractivity (Wildman–Crippen MR) is 65.0 cm³/mol. The molecule has 2 aromatic heterocycles. The van der Waals surface area contributed by atoms with Crippen molar-refractivity contribution in [3.63, 3.8) is 0 Å². The molecule has 0 unspecified atom stereocenters. The molecule has 0 N–H and O–H groups in total. The Bertz CT molecular complexity index is 340. The molecule has 1 aliphatic rings. The highest BCUT2D eigenvalue weighted by molar-refractivity contribution is 5.16. The first-order valence-corrected chi connectivity index (χ1v) is 5.15. The summed E-state index contributed by atoms with van der Waals surface area (Å²) in [5, 5.41) is 3.35. The molecule has 3 rings (SSSR count). The quantitative estimate of drug-likeness (QED) is 0.696. The maximum absolute atomic E-state index is 4.47. The molecule has 0 amide bonds. The number of nitrogens with zero attached hydrogens (tertiary/aromatic N) is 2. The first kappa shape index (κ1) is 12.7. The molecule has 4 nitrogen and oxygen atoms in total. The molecule has 0 spiro atoms. The molecule has 88 valence electrons. The fourth-order valence-electron chi connectivity index (χ4n) is 0.873. The van der Waals surface area contributed by atoms with E-state index in [4.69, 9.17) is 0 Å². The van der Waals surface area contributed by atoms with Crippen LogP contribution in [0.25, 0.3) is 0 Å². The Balaban J connectivity index is 0.000000130. The molecule has 2 heterocycles. The molecule has 0 saturated heterocycles. The number of allylic oxidation sites excluding steroid dienone is 6. The van der Waals surface area contributed by atoms with Crippen molar-refractivity contribution in [3.05, 3.63) is 73.8 Å². The highest BCUT2D eigenvalue weighted by atomic mass is 16.5. The Morgan fingerprint density at radius 2 is 1.71 bits per heavy atom. The van der Waals surface area contributed by atoms with E-state index in [9.17, 15) is 0 Å². The van der Waals surface area contributed by atoms with E-state index in [1.807, 2.05) is 12.2 Å². The lowest BCUT2D eigenvalue weighted by Gasteiger charge is -1.69. The van der Waals surface area contributed by atoms with Gasteiger partial charge in [0.2, 0.25) is 0 Å².